The Hall–Kier alpha value is -0.660. The van der Waals surface area contributed by atoms with Gasteiger partial charge in [0, 0.05) is 19.1 Å². The Morgan fingerprint density at radius 1 is 1.57 bits per heavy atom. The highest BCUT2D eigenvalue weighted by atomic mass is 32.2. The Morgan fingerprint density at radius 2 is 2.14 bits per heavy atom. The second-order valence-corrected chi connectivity index (χ2v) is 5.35. The van der Waals surface area contributed by atoms with Crippen molar-refractivity contribution >= 4 is 16.0 Å². The second-order valence-electron chi connectivity index (χ2n) is 3.31. The smallest absolute Gasteiger partial charge is 0.317 e. The van der Waals surface area contributed by atoms with E-state index in [-0.39, 0.29) is 18.3 Å². The van der Waals surface area contributed by atoms with Crippen molar-refractivity contribution in [2.24, 2.45) is 0 Å². The lowest BCUT2D eigenvalue weighted by Crippen LogP contribution is -2.60. The molecule has 1 saturated heterocycles. The van der Waals surface area contributed by atoms with Gasteiger partial charge in [0.2, 0.25) is 10.0 Å². The fraction of sp³-hybridized carbons (Fsp3) is 0.857. The van der Waals surface area contributed by atoms with Gasteiger partial charge in [0.05, 0.1) is 12.3 Å². The van der Waals surface area contributed by atoms with Crippen molar-refractivity contribution < 1.29 is 18.3 Å². The average molecular weight is 222 g/mol. The molecule has 0 radical (unpaired) electrons. The lowest BCUT2D eigenvalue weighted by molar-refractivity contribution is -0.139. The van der Waals surface area contributed by atoms with Crippen LogP contribution in [0.25, 0.3) is 0 Å². The van der Waals surface area contributed by atoms with Crippen LogP contribution in [0.15, 0.2) is 0 Å². The molecule has 1 rings (SSSR count). The van der Waals surface area contributed by atoms with E-state index in [4.69, 9.17) is 5.11 Å². The van der Waals surface area contributed by atoms with Crippen LogP contribution in [-0.2, 0) is 14.8 Å². The molecule has 0 spiro atoms. The monoisotopic (exact) mass is 222 g/mol. The van der Waals surface area contributed by atoms with Crippen LogP contribution in [0.1, 0.15) is 6.92 Å². The molecule has 0 aromatic rings. The highest BCUT2D eigenvalue weighted by Gasteiger charge is 2.30. The first kappa shape index (κ1) is 11.4. The highest BCUT2D eigenvalue weighted by Crippen LogP contribution is 2.07. The Morgan fingerprint density at radius 3 is 2.57 bits per heavy atom. The zero-order valence-corrected chi connectivity index (χ0v) is 8.75. The minimum atomic E-state index is -3.16. The first-order valence-electron chi connectivity index (χ1n) is 4.37. The molecule has 0 saturated carbocycles. The number of likely N-dealkylation sites (tertiary alicyclic amines) is 1. The number of nitrogens with zero attached hydrogens (tertiary/aromatic N) is 1. The van der Waals surface area contributed by atoms with Crippen molar-refractivity contribution in [1.82, 2.24) is 9.62 Å². The Bertz CT molecular complexity index is 308. The minimum Gasteiger partial charge on any atom is -0.480 e. The van der Waals surface area contributed by atoms with Crippen LogP contribution in [0.4, 0.5) is 0 Å². The lowest BCUT2D eigenvalue weighted by atomic mass is 10.1. The van der Waals surface area contributed by atoms with E-state index < -0.39 is 16.0 Å². The largest absolute Gasteiger partial charge is 0.480 e. The van der Waals surface area contributed by atoms with E-state index in [9.17, 15) is 13.2 Å². The quantitative estimate of drug-likeness (QED) is 0.603. The molecule has 0 aliphatic carbocycles. The second kappa shape index (κ2) is 4.24. The van der Waals surface area contributed by atoms with Crippen molar-refractivity contribution in [3.05, 3.63) is 0 Å². The summed E-state index contributed by atoms with van der Waals surface area (Å²) in [4.78, 5) is 11.9. The summed E-state index contributed by atoms with van der Waals surface area (Å²) in [5.41, 5.74) is 0. The zero-order valence-electron chi connectivity index (χ0n) is 7.93. The summed E-state index contributed by atoms with van der Waals surface area (Å²) in [7, 11) is -3.16. The number of carbonyl (C=O) groups is 1. The van der Waals surface area contributed by atoms with Crippen molar-refractivity contribution in [3.8, 4) is 0 Å². The van der Waals surface area contributed by atoms with Crippen molar-refractivity contribution in [2.45, 2.75) is 13.0 Å². The molecule has 0 aromatic carbocycles. The molecule has 1 aliphatic rings. The first-order chi connectivity index (χ1) is 6.43. The lowest BCUT2D eigenvalue weighted by Gasteiger charge is -2.38. The Kier molecular flexibility index (Phi) is 3.46. The topological polar surface area (TPSA) is 86.7 Å². The Balaban J connectivity index is 2.26. The standard InChI is InChI=1S/C7H14N2O4S/c1-2-14(12,13)8-6-3-9(4-6)5-7(10)11/h6,8H,2-5H2,1H3,(H,10,11). The summed E-state index contributed by atoms with van der Waals surface area (Å²) in [6, 6.07) is -0.126. The summed E-state index contributed by atoms with van der Waals surface area (Å²) < 4.78 is 24.7. The number of nitrogens with one attached hydrogen (secondary N) is 1. The third-order valence-corrected chi connectivity index (χ3v) is 3.49. The van der Waals surface area contributed by atoms with Gasteiger partial charge in [0.1, 0.15) is 0 Å². The predicted molar refractivity (Wildman–Crippen MR) is 50.5 cm³/mol. The maximum atomic E-state index is 11.1. The van der Waals surface area contributed by atoms with Gasteiger partial charge in [-0.1, -0.05) is 0 Å². The van der Waals surface area contributed by atoms with E-state index in [0.717, 1.165) is 0 Å². The van der Waals surface area contributed by atoms with E-state index in [1.807, 2.05) is 0 Å². The molecule has 0 bridgehead atoms. The highest BCUT2D eigenvalue weighted by molar-refractivity contribution is 7.89. The number of rotatable bonds is 5. The third-order valence-electron chi connectivity index (χ3n) is 2.04. The van der Waals surface area contributed by atoms with Crippen LogP contribution >= 0.6 is 0 Å². The van der Waals surface area contributed by atoms with Gasteiger partial charge in [-0.15, -0.1) is 0 Å². The Labute approximate surface area is 82.9 Å². The molecule has 6 nitrogen and oxygen atoms in total. The van der Waals surface area contributed by atoms with Crippen molar-refractivity contribution in [3.63, 3.8) is 0 Å². The molecule has 1 fully saturated rings. The summed E-state index contributed by atoms with van der Waals surface area (Å²) >= 11 is 0. The molecule has 0 aromatic heterocycles. The van der Waals surface area contributed by atoms with Crippen LogP contribution in [0.3, 0.4) is 0 Å². The maximum absolute atomic E-state index is 11.1. The average Bonchev–Trinajstić information content (AvgIpc) is 1.99. The summed E-state index contributed by atoms with van der Waals surface area (Å²) in [5, 5.41) is 8.43. The molecule has 0 amide bonds. The predicted octanol–water partition coefficient (Wildman–Crippen LogP) is -1.31. The van der Waals surface area contributed by atoms with Crippen LogP contribution in [0.5, 0.6) is 0 Å². The van der Waals surface area contributed by atoms with E-state index in [2.05, 4.69) is 4.72 Å². The fourth-order valence-corrected chi connectivity index (χ4v) is 2.13. The molecule has 82 valence electrons. The summed E-state index contributed by atoms with van der Waals surface area (Å²) in [6.45, 7) is 2.50. The molecular weight excluding hydrogens is 208 g/mol. The van der Waals surface area contributed by atoms with E-state index in [1.165, 1.54) is 0 Å². The van der Waals surface area contributed by atoms with Crippen LogP contribution in [0.2, 0.25) is 0 Å². The number of sulfonamides is 1. The minimum absolute atomic E-state index is 0.0235. The van der Waals surface area contributed by atoms with E-state index in [0.29, 0.717) is 13.1 Å². The molecule has 14 heavy (non-hydrogen) atoms. The summed E-state index contributed by atoms with van der Waals surface area (Å²) in [5.74, 6) is -0.829. The third kappa shape index (κ3) is 3.24. The number of hydrogen-bond donors (Lipinski definition) is 2. The fourth-order valence-electron chi connectivity index (χ4n) is 1.30. The zero-order chi connectivity index (χ0) is 10.8. The van der Waals surface area contributed by atoms with Gasteiger partial charge < -0.3 is 5.11 Å². The number of aliphatic carboxylic acids is 1. The number of carboxylic acid groups (broad SMARTS) is 1. The number of hydrogen-bond acceptors (Lipinski definition) is 4. The van der Waals surface area contributed by atoms with Gasteiger partial charge in [-0.2, -0.15) is 0 Å². The summed E-state index contributed by atoms with van der Waals surface area (Å²) in [6.07, 6.45) is 0. The van der Waals surface area contributed by atoms with E-state index >= 15 is 0 Å². The van der Waals surface area contributed by atoms with Gasteiger partial charge in [-0.25, -0.2) is 13.1 Å². The molecule has 0 unspecified atom stereocenters. The normalized spacial score (nSPS) is 19.2. The molecule has 2 N–H and O–H groups in total. The van der Waals surface area contributed by atoms with Gasteiger partial charge in [-0.3, -0.25) is 9.69 Å². The van der Waals surface area contributed by atoms with Crippen molar-refractivity contribution in [1.29, 1.82) is 0 Å². The number of carboxylic acids is 1. The molecule has 0 atom stereocenters. The van der Waals surface area contributed by atoms with Crippen LogP contribution < -0.4 is 4.72 Å². The first-order valence-corrected chi connectivity index (χ1v) is 6.02. The van der Waals surface area contributed by atoms with Gasteiger partial charge in [0.15, 0.2) is 0 Å². The van der Waals surface area contributed by atoms with Crippen LogP contribution in [0, 0.1) is 0 Å². The SMILES string of the molecule is CCS(=O)(=O)NC1CN(CC(=O)O)C1. The van der Waals surface area contributed by atoms with Crippen LogP contribution in [-0.4, -0.2) is 55.8 Å². The molecular formula is C7H14N2O4S. The van der Waals surface area contributed by atoms with Gasteiger partial charge >= 0.3 is 5.97 Å². The molecule has 1 aliphatic heterocycles. The van der Waals surface area contributed by atoms with Gasteiger partial charge in [-0.05, 0) is 6.92 Å². The molecule has 1 heterocycles. The van der Waals surface area contributed by atoms with Gasteiger partial charge in [0.25, 0.3) is 0 Å². The maximum Gasteiger partial charge on any atom is 0.317 e. The van der Waals surface area contributed by atoms with E-state index in [1.54, 1.807) is 11.8 Å². The van der Waals surface area contributed by atoms with Crippen molar-refractivity contribution in [2.75, 3.05) is 25.4 Å². The molecule has 7 heteroatoms.